The van der Waals surface area contributed by atoms with Crippen LogP contribution >= 0.6 is 19.4 Å². The van der Waals surface area contributed by atoms with Gasteiger partial charge < -0.3 is 24.8 Å². The maximum atomic E-state index is 12.3. The lowest BCUT2D eigenvalue weighted by Crippen LogP contribution is -2.31. The number of rotatable bonds is 18. The summed E-state index contributed by atoms with van der Waals surface area (Å²) in [5, 5.41) is 5.86. The second-order valence-corrected chi connectivity index (χ2v) is 11.1. The Labute approximate surface area is 202 Å². The van der Waals surface area contributed by atoms with E-state index in [2.05, 4.69) is 10.6 Å². The Hall–Kier alpha value is -1.38. The number of benzene rings is 1. The maximum Gasteiger partial charge on any atom is 0.325 e. The average molecular weight is 503 g/mol. The molecule has 10 heteroatoms. The van der Waals surface area contributed by atoms with Crippen molar-refractivity contribution in [3.8, 4) is 0 Å². The van der Waals surface area contributed by atoms with Gasteiger partial charge >= 0.3 is 7.60 Å². The zero-order valence-electron chi connectivity index (χ0n) is 20.0. The third-order valence-corrected chi connectivity index (χ3v) is 6.50. The van der Waals surface area contributed by atoms with E-state index in [0.29, 0.717) is 25.3 Å². The van der Waals surface area contributed by atoms with Gasteiger partial charge in [0.05, 0.1) is 12.4 Å². The van der Waals surface area contributed by atoms with Crippen LogP contribution in [0.5, 0.6) is 0 Å². The smallest absolute Gasteiger partial charge is 0.325 e. The van der Waals surface area contributed by atoms with Crippen molar-refractivity contribution in [1.29, 1.82) is 0 Å². The zero-order valence-corrected chi connectivity index (χ0v) is 21.7. The van der Waals surface area contributed by atoms with Crippen LogP contribution in [0.3, 0.4) is 0 Å². The molecule has 0 saturated carbocycles. The van der Waals surface area contributed by atoms with E-state index in [4.69, 9.17) is 14.2 Å². The van der Waals surface area contributed by atoms with E-state index in [9.17, 15) is 14.2 Å². The van der Waals surface area contributed by atoms with Crippen molar-refractivity contribution < 1.29 is 28.3 Å². The third kappa shape index (κ3) is 16.0. The summed E-state index contributed by atoms with van der Waals surface area (Å²) >= 11 is 1.59. The van der Waals surface area contributed by atoms with Crippen LogP contribution in [0.15, 0.2) is 24.3 Å². The Bertz CT molecular complexity index is 741. The predicted molar refractivity (Wildman–Crippen MR) is 135 cm³/mol. The minimum absolute atomic E-state index is 0.0217. The molecule has 0 spiro atoms. The highest BCUT2D eigenvalue weighted by atomic mass is 32.2. The summed E-state index contributed by atoms with van der Waals surface area (Å²) in [4.78, 5) is 33.3. The van der Waals surface area contributed by atoms with E-state index in [1.807, 2.05) is 31.2 Å². The highest BCUT2D eigenvalue weighted by molar-refractivity contribution is 7.99. The number of carbonyl (C=O) groups is 2. The van der Waals surface area contributed by atoms with Crippen LogP contribution in [0, 0.1) is 5.92 Å². The topological polar surface area (TPSA) is 114 Å². The van der Waals surface area contributed by atoms with Gasteiger partial charge in [0.15, 0.2) is 0 Å². The molecule has 0 aliphatic carbocycles. The molecule has 0 fully saturated rings. The first kappa shape index (κ1) is 29.7. The quantitative estimate of drug-likeness (QED) is 0.205. The number of unbranched alkanes of at least 4 members (excludes halogenated alkanes) is 3. The first-order chi connectivity index (χ1) is 15.7. The van der Waals surface area contributed by atoms with Crippen LogP contribution in [0.25, 0.3) is 0 Å². The normalized spacial score (nSPS) is 13.8. The van der Waals surface area contributed by atoms with Crippen LogP contribution in [-0.4, -0.2) is 61.7 Å². The first-order valence-electron chi connectivity index (χ1n) is 11.4. The van der Waals surface area contributed by atoms with Gasteiger partial charge in [0.2, 0.25) is 11.8 Å². The van der Waals surface area contributed by atoms with E-state index in [0.717, 1.165) is 49.1 Å². The number of hydrogen-bond donors (Lipinski definition) is 3. The second kappa shape index (κ2) is 17.1. The Morgan fingerprint density at radius 2 is 1.79 bits per heavy atom. The van der Waals surface area contributed by atoms with Gasteiger partial charge in [-0.15, -0.1) is 0 Å². The van der Waals surface area contributed by atoms with Crippen molar-refractivity contribution in [2.24, 2.45) is 5.92 Å². The fourth-order valence-corrected chi connectivity index (χ4v) is 4.23. The van der Waals surface area contributed by atoms with Gasteiger partial charge in [0.25, 0.3) is 0 Å². The van der Waals surface area contributed by atoms with E-state index in [-0.39, 0.29) is 24.3 Å². The van der Waals surface area contributed by atoms with Crippen LogP contribution in [0.1, 0.15) is 44.6 Å². The van der Waals surface area contributed by atoms with Crippen LogP contribution in [0.4, 0.5) is 5.69 Å². The number of carbonyl (C=O) groups excluding carboxylic acids is 2. The lowest BCUT2D eigenvalue weighted by atomic mass is 10.00. The number of amides is 2. The van der Waals surface area contributed by atoms with Crippen LogP contribution in [0.2, 0.25) is 0 Å². The Balaban J connectivity index is 2.19. The molecule has 0 saturated heterocycles. The average Bonchev–Trinajstić information content (AvgIpc) is 2.75. The molecule has 3 N–H and O–H groups in total. The molecule has 8 nitrogen and oxygen atoms in total. The van der Waals surface area contributed by atoms with E-state index in [1.165, 1.54) is 6.66 Å². The monoisotopic (exact) mass is 502 g/mol. The molecule has 2 atom stereocenters. The Morgan fingerprint density at radius 1 is 1.09 bits per heavy atom. The minimum atomic E-state index is -3.38. The molecule has 0 aromatic heterocycles. The number of hydrogen-bond acceptors (Lipinski definition) is 6. The number of methoxy groups -OCH3 is 1. The van der Waals surface area contributed by atoms with E-state index < -0.39 is 7.60 Å². The summed E-state index contributed by atoms with van der Waals surface area (Å²) < 4.78 is 20.8. The lowest BCUT2D eigenvalue weighted by molar-refractivity contribution is -0.124. The van der Waals surface area contributed by atoms with Crippen LogP contribution in [-0.2, 0) is 29.8 Å². The summed E-state index contributed by atoms with van der Waals surface area (Å²) in [5.41, 5.74) is 1.80. The van der Waals surface area contributed by atoms with Crippen molar-refractivity contribution in [3.05, 3.63) is 29.8 Å². The summed E-state index contributed by atoms with van der Waals surface area (Å²) in [7, 11) is -1.71. The molecular formula is C23H39N2O6PS. The Morgan fingerprint density at radius 3 is 2.45 bits per heavy atom. The highest BCUT2D eigenvalue weighted by Crippen LogP contribution is 2.36. The summed E-state index contributed by atoms with van der Waals surface area (Å²) in [6.07, 6.45) is 4.97. The maximum absolute atomic E-state index is 12.3. The highest BCUT2D eigenvalue weighted by Gasteiger charge is 2.13. The zero-order chi connectivity index (χ0) is 24.5. The molecule has 2 unspecified atom stereocenters. The molecule has 1 rings (SSSR count). The number of ether oxygens (including phenoxy) is 1. The summed E-state index contributed by atoms with van der Waals surface area (Å²) in [6, 6.07) is 7.61. The van der Waals surface area contributed by atoms with Gasteiger partial charge in [0.1, 0.15) is 0 Å². The molecule has 1 aromatic carbocycles. The molecular weight excluding hydrogens is 463 g/mol. The van der Waals surface area contributed by atoms with E-state index >= 15 is 0 Å². The number of anilines is 1. The van der Waals surface area contributed by atoms with Gasteiger partial charge in [0, 0.05) is 38.5 Å². The standard InChI is InChI=1S/C23H39N2O6PS/c1-19(23(27)24-13-6-4-5-7-15-31-32(3,28)29)17-20-9-11-21(12-10-20)25-22(26)18-33-16-8-14-30-2/h9-12,19H,4-8,13-18H2,1-3H3,(H,24,27)(H,25,26)(H,28,29). The minimum Gasteiger partial charge on any atom is -0.385 e. The van der Waals surface area contributed by atoms with Crippen LogP contribution < -0.4 is 10.6 Å². The molecule has 0 aliphatic heterocycles. The van der Waals surface area contributed by atoms with Gasteiger partial charge in [-0.2, -0.15) is 11.8 Å². The molecule has 1 aromatic rings. The molecule has 0 bridgehead atoms. The second-order valence-electron chi connectivity index (χ2n) is 8.09. The molecule has 188 valence electrons. The van der Waals surface area contributed by atoms with Crippen molar-refractivity contribution in [3.63, 3.8) is 0 Å². The molecule has 0 aliphatic rings. The van der Waals surface area contributed by atoms with Crippen molar-refractivity contribution in [2.45, 2.75) is 45.4 Å². The molecule has 33 heavy (non-hydrogen) atoms. The van der Waals surface area contributed by atoms with Gasteiger partial charge in [-0.1, -0.05) is 31.9 Å². The van der Waals surface area contributed by atoms with Crippen molar-refractivity contribution in [1.82, 2.24) is 5.32 Å². The fraction of sp³-hybridized carbons (Fsp3) is 0.652. The SMILES string of the molecule is COCCCSCC(=O)Nc1ccc(CC(C)C(=O)NCCCCCCOP(C)(=O)O)cc1. The number of thioether (sulfide) groups is 1. The largest absolute Gasteiger partial charge is 0.385 e. The van der Waals surface area contributed by atoms with Gasteiger partial charge in [-0.3, -0.25) is 14.2 Å². The van der Waals surface area contributed by atoms with Gasteiger partial charge in [-0.05, 0) is 49.1 Å². The summed E-state index contributed by atoms with van der Waals surface area (Å²) in [5.74, 6) is 1.16. The fourth-order valence-electron chi connectivity index (χ4n) is 3.04. The third-order valence-electron chi connectivity index (χ3n) is 4.80. The van der Waals surface area contributed by atoms with Crippen molar-refractivity contribution in [2.75, 3.05) is 50.4 Å². The van der Waals surface area contributed by atoms with E-state index in [1.54, 1.807) is 18.9 Å². The predicted octanol–water partition coefficient (Wildman–Crippen LogP) is 4.08. The summed E-state index contributed by atoms with van der Waals surface area (Å²) in [6.45, 7) is 4.69. The molecule has 0 radical (unpaired) electrons. The lowest BCUT2D eigenvalue weighted by Gasteiger charge is -2.13. The van der Waals surface area contributed by atoms with Gasteiger partial charge in [-0.25, -0.2) is 0 Å². The molecule has 2 amide bonds. The molecule has 0 heterocycles. The Kier molecular flexibility index (Phi) is 15.4. The number of nitrogens with one attached hydrogen (secondary N) is 2. The van der Waals surface area contributed by atoms with Crippen molar-refractivity contribution >= 4 is 36.9 Å². The first-order valence-corrected chi connectivity index (χ1v) is 14.6.